The molecule has 0 amide bonds. The zero-order valence-corrected chi connectivity index (χ0v) is 19.1. The van der Waals surface area contributed by atoms with Gasteiger partial charge in [0.25, 0.3) is 0 Å². The van der Waals surface area contributed by atoms with Crippen LogP contribution in [0.25, 0.3) is 11.3 Å². The predicted octanol–water partition coefficient (Wildman–Crippen LogP) is 3.00. The first-order valence-electron chi connectivity index (χ1n) is 11.0. The van der Waals surface area contributed by atoms with Crippen LogP contribution in [-0.2, 0) is 17.7 Å². The van der Waals surface area contributed by atoms with Crippen molar-refractivity contribution in [3.8, 4) is 11.3 Å². The van der Waals surface area contributed by atoms with Gasteiger partial charge < -0.3 is 19.9 Å². The van der Waals surface area contributed by atoms with Crippen LogP contribution >= 0.6 is 11.3 Å². The fraction of sp³-hybridized carbons (Fsp3) is 0.318. The van der Waals surface area contributed by atoms with Gasteiger partial charge in [0, 0.05) is 30.9 Å². The number of aromatic nitrogens is 6. The Kier molecular flexibility index (Phi) is 5.51. The molecule has 2 N–H and O–H groups in total. The van der Waals surface area contributed by atoms with Gasteiger partial charge in [-0.15, -0.1) is 11.3 Å². The van der Waals surface area contributed by atoms with Gasteiger partial charge in [0.2, 0.25) is 5.95 Å². The van der Waals surface area contributed by atoms with Crippen LogP contribution in [0.3, 0.4) is 0 Å². The maximum atomic E-state index is 13.1. The van der Waals surface area contributed by atoms with Gasteiger partial charge in [-0.05, 0) is 12.1 Å². The largest absolute Gasteiger partial charge is 0.378 e. The van der Waals surface area contributed by atoms with E-state index >= 15 is 0 Å². The van der Waals surface area contributed by atoms with Crippen LogP contribution < -0.4 is 15.1 Å². The average molecular weight is 480 g/mol. The molecule has 34 heavy (non-hydrogen) atoms. The number of hydrogen-bond acceptors (Lipinski definition) is 10. The van der Waals surface area contributed by atoms with E-state index in [0.29, 0.717) is 17.6 Å². The molecule has 1 fully saturated rings. The number of hydrogen-bond donors (Lipinski definition) is 2. The number of H-pyrrole nitrogens is 1. The summed E-state index contributed by atoms with van der Waals surface area (Å²) >= 11 is 1.55. The smallest absolute Gasteiger partial charge is 0.229 e. The Balaban J connectivity index is 1.20. The van der Waals surface area contributed by atoms with E-state index in [9.17, 15) is 4.39 Å². The topological polar surface area (TPSA) is 108 Å². The van der Waals surface area contributed by atoms with Gasteiger partial charge in [0.05, 0.1) is 67.2 Å². The Morgan fingerprint density at radius 2 is 1.91 bits per heavy atom. The molecule has 4 aromatic heterocycles. The number of ether oxygens (including phenoxy) is 1. The normalized spacial score (nSPS) is 15.6. The Morgan fingerprint density at radius 1 is 1.06 bits per heavy atom. The van der Waals surface area contributed by atoms with E-state index in [4.69, 9.17) is 14.7 Å². The first-order chi connectivity index (χ1) is 16.7. The van der Waals surface area contributed by atoms with Crippen LogP contribution in [0, 0.1) is 5.82 Å². The average Bonchev–Trinajstić information content (AvgIpc) is 3.49. The van der Waals surface area contributed by atoms with Crippen LogP contribution in [0.1, 0.15) is 10.6 Å². The highest BCUT2D eigenvalue weighted by atomic mass is 32.1. The molecule has 6 heterocycles. The fourth-order valence-electron chi connectivity index (χ4n) is 4.17. The maximum absolute atomic E-state index is 13.1. The molecule has 10 nitrogen and oxygen atoms in total. The summed E-state index contributed by atoms with van der Waals surface area (Å²) in [5.74, 6) is 0.757. The minimum Gasteiger partial charge on any atom is -0.378 e. The quantitative estimate of drug-likeness (QED) is 0.447. The molecule has 0 aromatic carbocycles. The molecule has 0 bridgehead atoms. The van der Waals surface area contributed by atoms with Gasteiger partial charge in [-0.25, -0.2) is 19.3 Å². The number of anilines is 4. The van der Waals surface area contributed by atoms with E-state index in [2.05, 4.69) is 47.4 Å². The molecule has 4 aromatic rings. The third-order valence-electron chi connectivity index (χ3n) is 5.87. The summed E-state index contributed by atoms with van der Waals surface area (Å²) in [7, 11) is 0. The molecular formula is C22H22FN9OS. The Hall–Kier alpha value is -3.64. The molecule has 174 valence electrons. The summed E-state index contributed by atoms with van der Waals surface area (Å²) in [6, 6.07) is 4.22. The van der Waals surface area contributed by atoms with E-state index in [1.165, 1.54) is 0 Å². The summed E-state index contributed by atoms with van der Waals surface area (Å²) in [5.41, 5.74) is 3.95. The highest BCUT2D eigenvalue weighted by Crippen LogP contribution is 2.39. The third kappa shape index (κ3) is 4.17. The number of morpholine rings is 1. The van der Waals surface area contributed by atoms with Crippen LogP contribution in [0.5, 0.6) is 0 Å². The second-order valence-corrected chi connectivity index (χ2v) is 9.14. The van der Waals surface area contributed by atoms with Crippen molar-refractivity contribution in [2.24, 2.45) is 0 Å². The zero-order chi connectivity index (χ0) is 22.9. The lowest BCUT2D eigenvalue weighted by Crippen LogP contribution is -2.36. The Morgan fingerprint density at radius 3 is 2.71 bits per heavy atom. The lowest BCUT2D eigenvalue weighted by atomic mass is 10.2. The van der Waals surface area contributed by atoms with Crippen molar-refractivity contribution in [2.75, 3.05) is 48.0 Å². The molecule has 2 aliphatic heterocycles. The van der Waals surface area contributed by atoms with Gasteiger partial charge >= 0.3 is 0 Å². The molecule has 2 aliphatic rings. The van der Waals surface area contributed by atoms with Crippen molar-refractivity contribution in [3.05, 3.63) is 53.3 Å². The number of nitrogens with one attached hydrogen (secondary N) is 2. The molecule has 12 heteroatoms. The Labute approximate surface area is 198 Å². The summed E-state index contributed by atoms with van der Waals surface area (Å²) in [5, 5.41) is 11.2. The first-order valence-corrected chi connectivity index (χ1v) is 11.9. The zero-order valence-electron chi connectivity index (χ0n) is 18.2. The molecule has 0 aliphatic carbocycles. The van der Waals surface area contributed by atoms with Crippen molar-refractivity contribution in [2.45, 2.75) is 13.0 Å². The maximum Gasteiger partial charge on any atom is 0.229 e. The summed E-state index contributed by atoms with van der Waals surface area (Å²) in [4.78, 5) is 23.1. The number of nitrogens with zero attached hydrogens (tertiary/aromatic N) is 7. The van der Waals surface area contributed by atoms with E-state index in [0.717, 1.165) is 85.0 Å². The number of rotatable bonds is 5. The van der Waals surface area contributed by atoms with Crippen molar-refractivity contribution in [3.63, 3.8) is 0 Å². The van der Waals surface area contributed by atoms with E-state index in [1.807, 2.05) is 6.20 Å². The lowest BCUT2D eigenvalue weighted by Gasteiger charge is -2.28. The van der Waals surface area contributed by atoms with Gasteiger partial charge in [-0.1, -0.05) is 0 Å². The van der Waals surface area contributed by atoms with E-state index in [-0.39, 0.29) is 0 Å². The molecule has 6 rings (SSSR count). The standard InChI is InChI=1S/C22H22FN9OS/c23-14-9-25-21(26-10-14)29-22-28-19-17-12-27-30-20(17)32(4-3-18(19)34-22)13-15-1-2-16(11-24-15)31-5-7-33-8-6-31/h1-2,9-12H,3-8,13H2,(H,27,30)(H,25,26,28,29). The summed E-state index contributed by atoms with van der Waals surface area (Å²) in [6.07, 6.45) is 6.83. The minimum absolute atomic E-state index is 0.311. The fourth-order valence-corrected chi connectivity index (χ4v) is 5.13. The molecule has 0 unspecified atom stereocenters. The number of thiazole rings is 1. The van der Waals surface area contributed by atoms with Gasteiger partial charge in [0.1, 0.15) is 5.82 Å². The monoisotopic (exact) mass is 479 g/mol. The second-order valence-electron chi connectivity index (χ2n) is 8.05. The second kappa shape index (κ2) is 8.95. The molecule has 0 spiro atoms. The minimum atomic E-state index is -0.478. The van der Waals surface area contributed by atoms with Crippen LogP contribution in [0.15, 0.2) is 36.9 Å². The Bertz CT molecular complexity index is 1270. The van der Waals surface area contributed by atoms with Crippen molar-refractivity contribution in [1.82, 2.24) is 30.1 Å². The van der Waals surface area contributed by atoms with Gasteiger partial charge in [-0.2, -0.15) is 5.10 Å². The van der Waals surface area contributed by atoms with Gasteiger partial charge in [0.15, 0.2) is 10.9 Å². The van der Waals surface area contributed by atoms with Crippen molar-refractivity contribution in [1.29, 1.82) is 0 Å². The number of pyridine rings is 1. The van der Waals surface area contributed by atoms with Gasteiger partial charge in [-0.3, -0.25) is 10.1 Å². The number of aromatic amines is 1. The van der Waals surface area contributed by atoms with Crippen molar-refractivity contribution < 1.29 is 9.13 Å². The summed E-state index contributed by atoms with van der Waals surface area (Å²) < 4.78 is 18.5. The first kappa shape index (κ1) is 20.9. The number of fused-ring (bicyclic) bond motifs is 3. The lowest BCUT2D eigenvalue weighted by molar-refractivity contribution is 0.122. The number of halogens is 1. The summed E-state index contributed by atoms with van der Waals surface area (Å²) in [6.45, 7) is 4.76. The van der Waals surface area contributed by atoms with E-state index < -0.39 is 5.82 Å². The highest BCUT2D eigenvalue weighted by molar-refractivity contribution is 7.16. The third-order valence-corrected chi connectivity index (χ3v) is 6.90. The highest BCUT2D eigenvalue weighted by Gasteiger charge is 2.26. The van der Waals surface area contributed by atoms with Crippen molar-refractivity contribution >= 4 is 33.9 Å². The predicted molar refractivity (Wildman–Crippen MR) is 127 cm³/mol. The van der Waals surface area contributed by atoms with E-state index in [1.54, 1.807) is 17.5 Å². The molecule has 0 saturated carbocycles. The van der Waals surface area contributed by atoms with Crippen LogP contribution in [0.4, 0.5) is 27.0 Å². The van der Waals surface area contributed by atoms with Crippen LogP contribution in [0.2, 0.25) is 0 Å². The molecular weight excluding hydrogens is 457 g/mol. The molecule has 1 saturated heterocycles. The molecule has 0 atom stereocenters. The van der Waals surface area contributed by atoms with Crippen LogP contribution in [-0.4, -0.2) is 63.0 Å². The SMILES string of the molecule is Fc1cnc(Nc2nc3c(s2)CCN(Cc2ccc(N4CCOCC4)cn2)c2[nH]ncc2-3)nc1. The molecule has 0 radical (unpaired) electrons.